The Morgan fingerprint density at radius 1 is 1.12 bits per heavy atom. The Morgan fingerprint density at radius 3 is 2.42 bits per heavy atom. The molecule has 0 fully saturated rings. The van der Waals surface area contributed by atoms with Gasteiger partial charge in [0.25, 0.3) is 0 Å². The van der Waals surface area contributed by atoms with Gasteiger partial charge in [0.05, 0.1) is 13.0 Å². The highest BCUT2D eigenvalue weighted by Gasteiger charge is 2.37. The number of hydrogen-bond acceptors (Lipinski definition) is 4. The van der Waals surface area contributed by atoms with Crippen molar-refractivity contribution in [3.05, 3.63) is 76.7 Å². The van der Waals surface area contributed by atoms with Gasteiger partial charge in [0.2, 0.25) is 0 Å². The maximum absolute atomic E-state index is 13.3. The van der Waals surface area contributed by atoms with Crippen LogP contribution in [-0.4, -0.2) is 24.4 Å². The maximum Gasteiger partial charge on any atom is 0.171 e. The lowest BCUT2D eigenvalue weighted by Gasteiger charge is -2.31. The lowest BCUT2D eigenvalue weighted by molar-refractivity contribution is -0.115. The number of allylic oxidation sites excluding steroid dienone is 2. The molecule has 0 radical (unpaired) electrons. The van der Waals surface area contributed by atoms with Crippen molar-refractivity contribution in [1.82, 2.24) is 0 Å². The molecule has 2 aromatic carbocycles. The van der Waals surface area contributed by atoms with E-state index in [1.54, 1.807) is 24.9 Å². The van der Waals surface area contributed by atoms with Gasteiger partial charge in [0.15, 0.2) is 11.6 Å². The molecule has 0 N–H and O–H groups in total. The quantitative estimate of drug-likeness (QED) is 0.683. The van der Waals surface area contributed by atoms with E-state index in [0.717, 1.165) is 22.0 Å². The highest BCUT2D eigenvalue weighted by Crippen LogP contribution is 2.43. The molecule has 0 bridgehead atoms. The first kappa shape index (κ1) is 18.5. The van der Waals surface area contributed by atoms with Crippen molar-refractivity contribution >= 4 is 23.3 Å². The average molecular weight is 366 g/mol. The smallest absolute Gasteiger partial charge is 0.171 e. The predicted molar refractivity (Wildman–Crippen MR) is 106 cm³/mol. The van der Waals surface area contributed by atoms with Crippen molar-refractivity contribution in [2.45, 2.75) is 19.3 Å². The molecular formula is C22H22O3S. The fourth-order valence-corrected chi connectivity index (χ4v) is 4.39. The van der Waals surface area contributed by atoms with Crippen LogP contribution in [0.2, 0.25) is 0 Å². The summed E-state index contributed by atoms with van der Waals surface area (Å²) in [6.45, 7) is 2.04. The number of carbonyl (C=O) groups is 2. The van der Waals surface area contributed by atoms with Gasteiger partial charge in [-0.3, -0.25) is 9.59 Å². The third-order valence-electron chi connectivity index (χ3n) is 4.63. The van der Waals surface area contributed by atoms with E-state index in [9.17, 15) is 9.59 Å². The molecule has 134 valence electrons. The van der Waals surface area contributed by atoms with Crippen molar-refractivity contribution in [3.8, 4) is 5.75 Å². The Hall–Kier alpha value is -2.33. The molecule has 0 saturated carbocycles. The number of thioether (sulfide) groups is 1. The Labute approximate surface area is 158 Å². The molecule has 26 heavy (non-hydrogen) atoms. The number of benzene rings is 2. The maximum atomic E-state index is 13.3. The molecule has 4 heteroatoms. The van der Waals surface area contributed by atoms with E-state index in [0.29, 0.717) is 12.0 Å². The zero-order chi connectivity index (χ0) is 18.5. The van der Waals surface area contributed by atoms with Crippen LogP contribution in [-0.2, 0) is 4.79 Å². The molecular weight excluding hydrogens is 344 g/mol. The topological polar surface area (TPSA) is 43.4 Å². The van der Waals surface area contributed by atoms with Crippen LogP contribution in [0.5, 0.6) is 5.75 Å². The number of carbonyl (C=O) groups excluding carboxylic acids is 2. The van der Waals surface area contributed by atoms with Crippen molar-refractivity contribution in [2.24, 2.45) is 5.92 Å². The van der Waals surface area contributed by atoms with E-state index < -0.39 is 0 Å². The normalized spacial score (nSPS) is 19.8. The Morgan fingerprint density at radius 2 is 1.81 bits per heavy atom. The molecule has 1 aliphatic rings. The summed E-state index contributed by atoms with van der Waals surface area (Å²) in [7, 11) is 1.62. The van der Waals surface area contributed by atoms with Crippen LogP contribution in [0.1, 0.15) is 35.2 Å². The second kappa shape index (κ2) is 8.37. The molecule has 3 rings (SSSR count). The molecule has 0 heterocycles. The first-order valence-electron chi connectivity index (χ1n) is 8.74. The van der Waals surface area contributed by atoms with Crippen molar-refractivity contribution < 1.29 is 14.3 Å². The molecule has 0 aromatic heterocycles. The van der Waals surface area contributed by atoms with Crippen LogP contribution >= 0.6 is 11.8 Å². The van der Waals surface area contributed by atoms with Crippen LogP contribution in [0.3, 0.4) is 0 Å². The minimum atomic E-state index is -0.326. The molecule has 0 unspecified atom stereocenters. The van der Waals surface area contributed by atoms with Crippen LogP contribution in [0.25, 0.3) is 0 Å². The largest absolute Gasteiger partial charge is 0.497 e. The summed E-state index contributed by atoms with van der Waals surface area (Å²) in [6.07, 6.45) is 2.02. The summed E-state index contributed by atoms with van der Waals surface area (Å²) < 4.78 is 5.23. The van der Waals surface area contributed by atoms with Gasteiger partial charge in [-0.15, -0.1) is 11.8 Å². The van der Waals surface area contributed by atoms with Gasteiger partial charge >= 0.3 is 0 Å². The minimum absolute atomic E-state index is 0.0751. The highest BCUT2D eigenvalue weighted by atomic mass is 32.2. The summed E-state index contributed by atoms with van der Waals surface area (Å²) >= 11 is 1.59. The molecule has 3 nitrogen and oxygen atoms in total. The SMILES string of the molecule is CCSC1=CC(=O)C[C@H](c2ccc(OC)cc2)[C@@H]1C(=O)c1ccccc1. The Kier molecular flexibility index (Phi) is 5.94. The second-order valence-corrected chi connectivity index (χ2v) is 7.58. The van der Waals surface area contributed by atoms with Gasteiger partial charge in [0.1, 0.15) is 5.75 Å². The van der Waals surface area contributed by atoms with Crippen LogP contribution in [0, 0.1) is 5.92 Å². The van der Waals surface area contributed by atoms with E-state index in [1.165, 1.54) is 0 Å². The molecule has 2 aromatic rings. The monoisotopic (exact) mass is 366 g/mol. The molecule has 0 saturated heterocycles. The van der Waals surface area contributed by atoms with Crippen LogP contribution < -0.4 is 4.74 Å². The van der Waals surface area contributed by atoms with Crippen LogP contribution in [0.15, 0.2) is 65.6 Å². The van der Waals surface area contributed by atoms with E-state index >= 15 is 0 Å². The molecule has 0 spiro atoms. The van der Waals surface area contributed by atoms with Crippen molar-refractivity contribution in [1.29, 1.82) is 0 Å². The first-order chi connectivity index (χ1) is 12.6. The average Bonchev–Trinajstić information content (AvgIpc) is 2.68. The molecule has 2 atom stereocenters. The fraction of sp³-hybridized carbons (Fsp3) is 0.273. The van der Waals surface area contributed by atoms with Gasteiger partial charge in [-0.2, -0.15) is 0 Å². The standard InChI is InChI=1S/C22H22O3S/c1-3-26-20-14-17(23)13-19(15-9-11-18(25-2)12-10-15)21(20)22(24)16-7-5-4-6-8-16/h4-12,14,19,21H,3,13H2,1-2H3/t19-,21+/m1/s1. The Balaban J connectivity index is 2.03. The minimum Gasteiger partial charge on any atom is -0.497 e. The lowest BCUT2D eigenvalue weighted by Crippen LogP contribution is -2.29. The molecule has 0 aliphatic heterocycles. The summed E-state index contributed by atoms with van der Waals surface area (Å²) in [5, 5.41) is 0. The number of Topliss-reactive ketones (excluding diaryl/α,β-unsaturated/α-hetero) is 1. The zero-order valence-electron chi connectivity index (χ0n) is 15.0. The van der Waals surface area contributed by atoms with Gasteiger partial charge in [-0.05, 0) is 34.4 Å². The fourth-order valence-electron chi connectivity index (χ4n) is 3.39. The zero-order valence-corrected chi connectivity index (χ0v) is 15.8. The van der Waals surface area contributed by atoms with Gasteiger partial charge in [-0.1, -0.05) is 49.4 Å². The third kappa shape index (κ3) is 3.91. The summed E-state index contributed by atoms with van der Waals surface area (Å²) in [6, 6.07) is 17.0. The summed E-state index contributed by atoms with van der Waals surface area (Å²) in [5.41, 5.74) is 1.68. The van der Waals surface area contributed by atoms with E-state index in [2.05, 4.69) is 0 Å². The van der Waals surface area contributed by atoms with E-state index in [4.69, 9.17) is 4.74 Å². The van der Waals surface area contributed by atoms with E-state index in [1.807, 2.05) is 61.5 Å². The van der Waals surface area contributed by atoms with E-state index in [-0.39, 0.29) is 23.4 Å². The molecule has 0 amide bonds. The number of hydrogen-bond donors (Lipinski definition) is 0. The molecule has 1 aliphatic carbocycles. The van der Waals surface area contributed by atoms with Gasteiger partial charge in [0, 0.05) is 17.9 Å². The first-order valence-corrected chi connectivity index (χ1v) is 9.73. The number of rotatable bonds is 6. The predicted octanol–water partition coefficient (Wildman–Crippen LogP) is 4.89. The van der Waals surface area contributed by atoms with Gasteiger partial charge in [-0.25, -0.2) is 0 Å². The van der Waals surface area contributed by atoms with Crippen LogP contribution in [0.4, 0.5) is 0 Å². The highest BCUT2D eigenvalue weighted by molar-refractivity contribution is 8.03. The van der Waals surface area contributed by atoms with Crippen molar-refractivity contribution in [2.75, 3.05) is 12.9 Å². The lowest BCUT2D eigenvalue weighted by atomic mass is 9.75. The second-order valence-electron chi connectivity index (χ2n) is 6.24. The summed E-state index contributed by atoms with van der Waals surface area (Å²) in [4.78, 5) is 26.5. The number of ketones is 2. The van der Waals surface area contributed by atoms with Gasteiger partial charge < -0.3 is 4.74 Å². The third-order valence-corrected chi connectivity index (χ3v) is 5.62. The Bertz CT molecular complexity index is 809. The number of methoxy groups -OCH3 is 1. The summed E-state index contributed by atoms with van der Waals surface area (Å²) in [5.74, 6) is 1.27. The van der Waals surface area contributed by atoms with Crippen molar-refractivity contribution in [3.63, 3.8) is 0 Å². The number of ether oxygens (including phenoxy) is 1.